The second-order valence-corrected chi connectivity index (χ2v) is 8.22. The van der Waals surface area contributed by atoms with Crippen molar-refractivity contribution in [2.45, 2.75) is 6.54 Å². The molecule has 0 radical (unpaired) electrons. The van der Waals surface area contributed by atoms with Gasteiger partial charge in [-0.05, 0) is 35.2 Å². The molecule has 4 rings (SSSR count). The molecular formula is C24H26N4O5S. The summed E-state index contributed by atoms with van der Waals surface area (Å²) < 4.78 is 16.3. The Morgan fingerprint density at radius 2 is 1.97 bits per heavy atom. The Balaban J connectivity index is 0.00000103. The molecule has 0 atom stereocenters. The third kappa shape index (κ3) is 5.82. The van der Waals surface area contributed by atoms with Crippen LogP contribution in [0.4, 0.5) is 5.82 Å². The number of nitrogens with two attached hydrogens (primary N) is 1. The standard InChI is InChI=1S/C23H24N4O3S.CH2O2/c1-28-16-3-4-17(21(10-16)29-2)18-11-20(26-23(25)19(18)12-24)22-9-15(14-31-22)13-27-5-7-30-8-6-27;2-1-3/h3-4,9-11,14H,5-8,13H2,1-2H3,(H2,25,26);1H,(H,2,3). The van der Waals surface area contributed by atoms with Gasteiger partial charge in [0.15, 0.2) is 0 Å². The van der Waals surface area contributed by atoms with Gasteiger partial charge in [-0.15, -0.1) is 11.3 Å². The summed E-state index contributed by atoms with van der Waals surface area (Å²) >= 11 is 1.62. The van der Waals surface area contributed by atoms with Crippen molar-refractivity contribution >= 4 is 23.6 Å². The molecule has 1 aliphatic rings. The van der Waals surface area contributed by atoms with E-state index in [4.69, 9.17) is 29.8 Å². The van der Waals surface area contributed by atoms with Gasteiger partial charge in [-0.1, -0.05) is 0 Å². The second-order valence-electron chi connectivity index (χ2n) is 7.31. The minimum Gasteiger partial charge on any atom is -0.497 e. The zero-order valence-corrected chi connectivity index (χ0v) is 19.8. The van der Waals surface area contributed by atoms with Crippen LogP contribution in [0.5, 0.6) is 11.5 Å². The van der Waals surface area contributed by atoms with Crippen LogP contribution in [0.25, 0.3) is 21.7 Å². The number of ether oxygens (including phenoxy) is 3. The Morgan fingerprint density at radius 3 is 2.62 bits per heavy atom. The highest BCUT2D eigenvalue weighted by atomic mass is 32.1. The van der Waals surface area contributed by atoms with Gasteiger partial charge in [0.25, 0.3) is 6.47 Å². The number of anilines is 1. The maximum Gasteiger partial charge on any atom is 0.290 e. The van der Waals surface area contributed by atoms with Crippen molar-refractivity contribution < 1.29 is 24.1 Å². The fraction of sp³-hybridized carbons (Fsp3) is 0.292. The van der Waals surface area contributed by atoms with Crippen molar-refractivity contribution in [3.8, 4) is 39.3 Å². The summed E-state index contributed by atoms with van der Waals surface area (Å²) in [6, 6.07) is 11.7. The highest BCUT2D eigenvalue weighted by Crippen LogP contribution is 2.39. The minimum absolute atomic E-state index is 0.205. The Hall–Kier alpha value is -3.65. The number of carbonyl (C=O) groups is 1. The van der Waals surface area contributed by atoms with Crippen LogP contribution in [-0.4, -0.2) is 62.0 Å². The van der Waals surface area contributed by atoms with Crippen LogP contribution in [-0.2, 0) is 16.1 Å². The lowest BCUT2D eigenvalue weighted by atomic mass is 9.98. The highest BCUT2D eigenvalue weighted by molar-refractivity contribution is 7.13. The lowest BCUT2D eigenvalue weighted by Crippen LogP contribution is -2.35. The van der Waals surface area contributed by atoms with Crippen LogP contribution in [0.15, 0.2) is 35.7 Å². The molecule has 0 amide bonds. The number of nitrogens with zero attached hydrogens (tertiary/aromatic N) is 3. The average Bonchev–Trinajstić information content (AvgIpc) is 3.32. The Labute approximate surface area is 201 Å². The van der Waals surface area contributed by atoms with E-state index in [1.54, 1.807) is 31.6 Å². The molecule has 1 saturated heterocycles. The van der Waals surface area contributed by atoms with E-state index in [2.05, 4.69) is 27.4 Å². The Morgan fingerprint density at radius 1 is 1.24 bits per heavy atom. The molecule has 2 aromatic heterocycles. The molecule has 3 heterocycles. The van der Waals surface area contributed by atoms with E-state index in [1.807, 2.05) is 18.2 Å². The molecule has 3 N–H and O–H groups in total. The van der Waals surface area contributed by atoms with E-state index in [-0.39, 0.29) is 12.3 Å². The van der Waals surface area contributed by atoms with E-state index in [1.165, 1.54) is 5.56 Å². The number of methoxy groups -OCH3 is 2. The summed E-state index contributed by atoms with van der Waals surface area (Å²) in [5.41, 5.74) is 9.95. The predicted molar refractivity (Wildman–Crippen MR) is 130 cm³/mol. The molecule has 1 aliphatic heterocycles. The molecule has 1 fully saturated rings. The number of benzene rings is 1. The summed E-state index contributed by atoms with van der Waals surface area (Å²) in [5.74, 6) is 1.48. The van der Waals surface area contributed by atoms with Crippen molar-refractivity contribution in [1.29, 1.82) is 5.26 Å². The van der Waals surface area contributed by atoms with E-state index in [0.717, 1.165) is 49.0 Å². The van der Waals surface area contributed by atoms with Crippen molar-refractivity contribution in [3.63, 3.8) is 0 Å². The Bertz CT molecular complexity index is 1170. The normalized spacial score (nSPS) is 13.3. The molecule has 0 saturated carbocycles. The molecule has 178 valence electrons. The molecule has 34 heavy (non-hydrogen) atoms. The monoisotopic (exact) mass is 482 g/mol. The van der Waals surface area contributed by atoms with Crippen molar-refractivity contribution in [2.24, 2.45) is 0 Å². The van der Waals surface area contributed by atoms with E-state index < -0.39 is 0 Å². The number of morpholine rings is 1. The van der Waals surface area contributed by atoms with Crippen molar-refractivity contribution in [2.75, 3.05) is 46.3 Å². The van der Waals surface area contributed by atoms with Crippen molar-refractivity contribution in [1.82, 2.24) is 9.88 Å². The van der Waals surface area contributed by atoms with Gasteiger partial charge >= 0.3 is 0 Å². The third-order valence-electron chi connectivity index (χ3n) is 5.27. The molecule has 3 aromatic rings. The smallest absolute Gasteiger partial charge is 0.290 e. The number of aromatic nitrogens is 1. The maximum atomic E-state index is 9.72. The van der Waals surface area contributed by atoms with Gasteiger partial charge in [0.1, 0.15) is 28.9 Å². The van der Waals surface area contributed by atoms with Crippen molar-refractivity contribution in [3.05, 3.63) is 46.8 Å². The lowest BCUT2D eigenvalue weighted by Gasteiger charge is -2.26. The van der Waals surface area contributed by atoms with Crippen LogP contribution >= 0.6 is 11.3 Å². The first-order valence-electron chi connectivity index (χ1n) is 10.4. The highest BCUT2D eigenvalue weighted by Gasteiger charge is 2.18. The van der Waals surface area contributed by atoms with Crippen LogP contribution in [0.2, 0.25) is 0 Å². The molecule has 0 bridgehead atoms. The van der Waals surface area contributed by atoms with Gasteiger partial charge < -0.3 is 25.1 Å². The zero-order valence-electron chi connectivity index (χ0n) is 19.0. The SMILES string of the molecule is COc1ccc(-c2cc(-c3cc(CN4CCOCC4)cs3)nc(N)c2C#N)c(OC)c1.O=CO. The molecular weight excluding hydrogens is 456 g/mol. The summed E-state index contributed by atoms with van der Waals surface area (Å²) in [5, 5.41) is 18.8. The van der Waals surface area contributed by atoms with E-state index in [0.29, 0.717) is 22.6 Å². The fourth-order valence-electron chi connectivity index (χ4n) is 3.65. The van der Waals surface area contributed by atoms with Gasteiger partial charge in [-0.2, -0.15) is 5.26 Å². The molecule has 1 aromatic carbocycles. The summed E-state index contributed by atoms with van der Waals surface area (Å²) in [7, 11) is 3.19. The quantitative estimate of drug-likeness (QED) is 0.507. The third-order valence-corrected chi connectivity index (χ3v) is 6.28. The van der Waals surface area contributed by atoms with Gasteiger partial charge in [0.2, 0.25) is 0 Å². The van der Waals surface area contributed by atoms with E-state index >= 15 is 0 Å². The average molecular weight is 483 g/mol. The largest absolute Gasteiger partial charge is 0.497 e. The fourth-order valence-corrected chi connectivity index (χ4v) is 4.52. The predicted octanol–water partition coefficient (Wildman–Crippen LogP) is 3.48. The lowest BCUT2D eigenvalue weighted by molar-refractivity contribution is -0.122. The number of hydrogen-bond acceptors (Lipinski definition) is 9. The number of hydrogen-bond donors (Lipinski definition) is 2. The molecule has 0 unspecified atom stereocenters. The minimum atomic E-state index is -0.250. The number of carboxylic acid groups (broad SMARTS) is 1. The number of thiophene rings is 1. The van der Waals surface area contributed by atoms with Crippen LogP contribution in [0, 0.1) is 11.3 Å². The van der Waals surface area contributed by atoms with Crippen LogP contribution in [0.3, 0.4) is 0 Å². The number of nitrogen functional groups attached to an aromatic ring is 1. The molecule has 9 nitrogen and oxygen atoms in total. The number of pyridine rings is 1. The maximum absolute atomic E-state index is 9.72. The van der Waals surface area contributed by atoms with Gasteiger partial charge in [0.05, 0.1) is 38.0 Å². The summed E-state index contributed by atoms with van der Waals surface area (Å²) in [6.07, 6.45) is 0. The summed E-state index contributed by atoms with van der Waals surface area (Å²) in [4.78, 5) is 16.3. The van der Waals surface area contributed by atoms with E-state index in [9.17, 15) is 5.26 Å². The van der Waals surface area contributed by atoms with Gasteiger partial charge in [0, 0.05) is 36.8 Å². The van der Waals surface area contributed by atoms with Gasteiger partial charge in [-0.3, -0.25) is 9.69 Å². The Kier molecular flexibility index (Phi) is 8.81. The first-order chi connectivity index (χ1) is 16.5. The van der Waals surface area contributed by atoms with Gasteiger partial charge in [-0.25, -0.2) is 4.98 Å². The zero-order chi connectivity index (χ0) is 24.5. The molecule has 10 heteroatoms. The number of nitriles is 1. The second kappa shape index (κ2) is 12.0. The molecule has 0 aliphatic carbocycles. The first-order valence-corrected chi connectivity index (χ1v) is 11.3. The summed E-state index contributed by atoms with van der Waals surface area (Å²) in [6.45, 7) is 4.06. The van der Waals surface area contributed by atoms with Crippen LogP contribution < -0.4 is 15.2 Å². The van der Waals surface area contributed by atoms with Crippen LogP contribution in [0.1, 0.15) is 11.1 Å². The first kappa shape index (κ1) is 25.0. The number of rotatable bonds is 6. The topological polar surface area (TPSA) is 131 Å². The molecule has 0 spiro atoms.